The Hall–Kier alpha value is -12.8. The summed E-state index contributed by atoms with van der Waals surface area (Å²) in [6.07, 6.45) is 12.8. The van der Waals surface area contributed by atoms with Crippen molar-refractivity contribution in [3.05, 3.63) is 256 Å². The molecule has 18 rings (SSSR count). The molecule has 5 aromatic heterocycles. The van der Waals surface area contributed by atoms with Crippen LogP contribution >= 0.6 is 22.6 Å². The van der Waals surface area contributed by atoms with E-state index < -0.39 is 20.0 Å². The van der Waals surface area contributed by atoms with Gasteiger partial charge in [-0.05, 0) is 240 Å². The third-order valence-corrected chi connectivity index (χ3v) is 28.1. The number of nitrogens with zero attached hydrogens (tertiary/aromatic N) is 8. The molecule has 26 nitrogen and oxygen atoms in total. The first-order valence-corrected chi connectivity index (χ1v) is 46.2. The normalized spacial score (nSPS) is 15.4. The van der Waals surface area contributed by atoms with E-state index in [1.165, 1.54) is 15.1 Å². The molecule has 13 aromatic rings. The monoisotopic (exact) mass is 1900 g/mol. The third-order valence-electron chi connectivity index (χ3n) is 23.6. The summed E-state index contributed by atoms with van der Waals surface area (Å²) in [5.41, 5.74) is 12.6. The summed E-state index contributed by atoms with van der Waals surface area (Å²) in [6, 6.07) is 66.2. The minimum Gasteiger partial charge on any atom is -0.493 e. The number of hydrogen-bond acceptors (Lipinski definition) is 24. The van der Waals surface area contributed by atoms with Gasteiger partial charge in [0, 0.05) is 85.4 Å². The van der Waals surface area contributed by atoms with E-state index in [9.17, 15) is 32.6 Å². The summed E-state index contributed by atoms with van der Waals surface area (Å²) in [6.45, 7) is 12.1. The van der Waals surface area contributed by atoms with Crippen LogP contribution in [0.2, 0.25) is 0 Å². The second kappa shape index (κ2) is 40.5. The molecular formula is C100H96BIN8O18S2. The van der Waals surface area contributed by atoms with Gasteiger partial charge in [-0.25, -0.2) is 34.7 Å². The van der Waals surface area contributed by atoms with E-state index in [0.717, 1.165) is 106 Å². The van der Waals surface area contributed by atoms with E-state index in [2.05, 4.69) is 39.2 Å². The van der Waals surface area contributed by atoms with E-state index in [1.54, 1.807) is 163 Å². The van der Waals surface area contributed by atoms with Crippen molar-refractivity contribution in [2.75, 3.05) is 82.3 Å². The van der Waals surface area contributed by atoms with Crippen molar-refractivity contribution < 1.29 is 83.0 Å². The van der Waals surface area contributed by atoms with Gasteiger partial charge in [-0.3, -0.25) is 4.98 Å². The van der Waals surface area contributed by atoms with Gasteiger partial charge in [-0.15, -0.1) is 0 Å². The highest BCUT2D eigenvalue weighted by atomic mass is 127. The molecule has 0 amide bonds. The number of pyridine rings is 3. The van der Waals surface area contributed by atoms with Crippen LogP contribution in [0.15, 0.2) is 229 Å². The Kier molecular flexibility index (Phi) is 28.6. The predicted octanol–water partition coefficient (Wildman–Crippen LogP) is 18.3. The summed E-state index contributed by atoms with van der Waals surface area (Å²) < 4.78 is 137. The minimum absolute atomic E-state index is 0.0133. The average Bonchev–Trinajstić information content (AvgIpc) is 1.57. The second-order valence-corrected chi connectivity index (χ2v) is 36.7. The Morgan fingerprint density at radius 1 is 0.408 bits per heavy atom. The molecule has 0 unspecified atom stereocenters. The van der Waals surface area contributed by atoms with Gasteiger partial charge in [0.1, 0.15) is 53.8 Å². The molecule has 0 N–H and O–H groups in total. The highest BCUT2D eigenvalue weighted by molar-refractivity contribution is 14.1. The lowest BCUT2D eigenvalue weighted by molar-refractivity contribution is 0.00578. The number of fused-ring (bicyclic) bond motifs is 3. The van der Waals surface area contributed by atoms with Crippen LogP contribution in [0.25, 0.3) is 78.4 Å². The van der Waals surface area contributed by atoms with Crippen LogP contribution in [-0.2, 0) is 50.0 Å². The van der Waals surface area contributed by atoms with Gasteiger partial charge in [0.15, 0.2) is 45.8 Å². The number of allylic oxidation sites excluding steroid dienone is 1. The first-order chi connectivity index (χ1) is 62.9. The molecule has 0 atom stereocenters. The summed E-state index contributed by atoms with van der Waals surface area (Å²) in [4.78, 5) is 13.9. The van der Waals surface area contributed by atoms with Crippen LogP contribution in [0, 0.1) is 37.7 Å². The molecular weight excluding hydrogens is 1800 g/mol. The maximum atomic E-state index is 14.2. The lowest BCUT2D eigenvalue weighted by Crippen LogP contribution is -2.41. The molecule has 0 radical (unpaired) electrons. The minimum atomic E-state index is -4.07. The van der Waals surface area contributed by atoms with E-state index in [0.29, 0.717) is 139 Å². The van der Waals surface area contributed by atoms with Gasteiger partial charge < -0.3 is 66.2 Å². The Balaban J connectivity index is 0.000000137. The molecule has 9 heterocycles. The maximum absolute atomic E-state index is 14.2. The number of benzene rings is 8. The van der Waals surface area contributed by atoms with Crippen LogP contribution in [0.4, 0.5) is 0 Å². The number of nitriles is 3. The van der Waals surface area contributed by atoms with Crippen LogP contribution in [0.3, 0.4) is 0 Å². The summed E-state index contributed by atoms with van der Waals surface area (Å²) in [5.74, 6) is 5.44. The number of aromatic nitrogens is 5. The molecule has 0 bridgehead atoms. The SMILES string of the molecule is COc1ccc(-c2cc3c(-c4ccc(OC5CCOCC5)c(C#N)c4)ccnc3n2S(=O)(=O)c2ccccc2)cc1OC.COc1ccc(B2OC(C)(C)C(C)(C)O2)cc1OC.COc1ccc(C2=Cc3c(-c4ccc(OC5CCOCC5)c(C#N)c4)ccnc3C2)cc1OC.N#Cc1cc(-c2ccnc3c2cc(I)n3S(=O)(=O)c2ccccc2)ccc1OC1CCOCC1. The Bertz CT molecular complexity index is 6720. The zero-order valence-electron chi connectivity index (χ0n) is 73.5. The molecule has 0 spiro atoms. The smallest absolute Gasteiger partial charge is 0.493 e. The zero-order valence-corrected chi connectivity index (χ0v) is 77.3. The molecule has 4 aliphatic heterocycles. The van der Waals surface area contributed by atoms with E-state index >= 15 is 0 Å². The maximum Gasteiger partial charge on any atom is 0.494 e. The van der Waals surface area contributed by atoms with Crippen molar-refractivity contribution in [3.63, 3.8) is 0 Å². The van der Waals surface area contributed by atoms with Gasteiger partial charge in [0.2, 0.25) is 0 Å². The molecule has 4 fully saturated rings. The van der Waals surface area contributed by atoms with Gasteiger partial charge in [0.05, 0.1) is 135 Å². The van der Waals surface area contributed by atoms with Gasteiger partial charge >= 0.3 is 7.12 Å². The summed E-state index contributed by atoms with van der Waals surface area (Å²) >= 11 is 2.01. The van der Waals surface area contributed by atoms with Crippen molar-refractivity contribution in [3.8, 4) is 115 Å². The van der Waals surface area contributed by atoms with Crippen molar-refractivity contribution in [2.24, 2.45) is 0 Å². The van der Waals surface area contributed by atoms with Crippen LogP contribution in [0.1, 0.15) is 99.7 Å². The quantitative estimate of drug-likeness (QED) is 0.0449. The third kappa shape index (κ3) is 19.7. The lowest BCUT2D eigenvalue weighted by Gasteiger charge is -2.32. The van der Waals surface area contributed by atoms with Crippen LogP contribution in [0.5, 0.6) is 51.7 Å². The van der Waals surface area contributed by atoms with E-state index in [4.69, 9.17) is 66.2 Å². The zero-order chi connectivity index (χ0) is 91.4. The fraction of sp³-hybridized carbons (Fsp3) is 0.280. The first kappa shape index (κ1) is 91.9. The number of hydrogen-bond donors (Lipinski definition) is 0. The number of rotatable bonds is 22. The number of methoxy groups -OCH3 is 6. The van der Waals surface area contributed by atoms with E-state index in [-0.39, 0.29) is 52.1 Å². The Labute approximate surface area is 770 Å². The van der Waals surface area contributed by atoms with Crippen LogP contribution < -0.4 is 48.1 Å². The molecule has 5 aliphatic rings. The average molecular weight is 1900 g/mol. The second-order valence-electron chi connectivity index (χ2n) is 32.0. The van der Waals surface area contributed by atoms with Crippen molar-refractivity contribution >= 4 is 88.9 Å². The largest absolute Gasteiger partial charge is 0.494 e. The number of ether oxygens (including phenoxy) is 12. The molecule has 30 heteroatoms. The molecule has 8 aromatic carbocycles. The first-order valence-electron chi connectivity index (χ1n) is 42.3. The predicted molar refractivity (Wildman–Crippen MR) is 503 cm³/mol. The standard InChI is InChI=1S/C33H29N3O6S.C28H26N2O4.C25H20IN3O4S.C14H21BO4/c1-39-31-11-9-23(19-32(31)40-2)29-20-28-27(12-15-35-33(28)36(29)43(37,38)26-6-4-3-5-7-26)22-8-10-30(24(18-22)21-34)42-25-13-16-41-17-14-25;1-31-27-6-3-18(16-28(27)32-2)20-14-24-23(7-10-30-25(24)15-20)19-4-5-26(21(13-19)17-29)34-22-8-11-33-12-9-22;26-24-15-22-21(8-11-28-25(22)29(24)34(30,31)20-4-2-1-3-5-20)17-6-7-23(18(14-17)16-27)33-19-9-12-32-13-10-19;1-13(2)14(3,4)19-15(18-13)10-7-8-11(16-5)12(9-10)17-6/h3-12,15,18-20,25H,13-14,16-17H2,1-2H3;3-7,10,13-14,16,22H,8-9,11-12,15H2,1-2H3;1-8,11,14-15,19H,9-10,12-13H2;7-9H,1-6H3. The molecule has 130 heavy (non-hydrogen) atoms. The van der Waals surface area contributed by atoms with Gasteiger partial charge in [-0.2, -0.15) is 15.8 Å². The Morgan fingerprint density at radius 3 is 1.22 bits per heavy atom. The fourth-order valence-electron chi connectivity index (χ4n) is 15.9. The highest BCUT2D eigenvalue weighted by Gasteiger charge is 2.52. The summed E-state index contributed by atoms with van der Waals surface area (Å²) in [7, 11) is 1.30. The Morgan fingerprint density at radius 2 is 0.777 bits per heavy atom. The van der Waals surface area contributed by atoms with Crippen LogP contribution in [-0.4, -0.2) is 159 Å². The van der Waals surface area contributed by atoms with Crippen molar-refractivity contribution in [1.82, 2.24) is 22.9 Å². The lowest BCUT2D eigenvalue weighted by atomic mass is 9.79. The van der Waals surface area contributed by atoms with E-state index in [1.807, 2.05) is 141 Å². The molecule has 1 aliphatic carbocycles. The molecule has 666 valence electrons. The fourth-order valence-corrected chi connectivity index (χ4v) is 20.1. The van der Waals surface area contributed by atoms with Gasteiger partial charge in [0.25, 0.3) is 20.0 Å². The van der Waals surface area contributed by atoms with Crippen molar-refractivity contribution in [2.45, 2.75) is 112 Å². The van der Waals surface area contributed by atoms with Crippen molar-refractivity contribution in [1.29, 1.82) is 15.8 Å². The molecule has 4 saturated heterocycles. The summed E-state index contributed by atoms with van der Waals surface area (Å²) in [5, 5.41) is 30.8. The molecule has 0 saturated carbocycles. The highest BCUT2D eigenvalue weighted by Crippen LogP contribution is 2.45. The number of halogens is 1. The topological polar surface area (TPSA) is 317 Å². The van der Waals surface area contributed by atoms with Gasteiger partial charge in [-0.1, -0.05) is 66.7 Å².